The second-order valence-electron chi connectivity index (χ2n) is 4.51. The molecule has 22 heavy (non-hydrogen) atoms. The molecule has 2 N–H and O–H groups in total. The maximum absolute atomic E-state index is 12.3. The molecule has 3 aromatic rings. The van der Waals surface area contributed by atoms with Crippen molar-refractivity contribution in [2.45, 2.75) is 0 Å². The standard InChI is InChI=1S/C14H9BrN4O3/c15-10-3-2-9(19(21)22)6-12(10)18-14(20)8-1-4-11-13(5-8)17-7-16-11/h1-7H,(H,16,17)(H,18,20). The van der Waals surface area contributed by atoms with Crippen LogP contribution in [0.4, 0.5) is 11.4 Å². The van der Waals surface area contributed by atoms with Crippen LogP contribution in [0, 0.1) is 10.1 Å². The van der Waals surface area contributed by atoms with Gasteiger partial charge in [0.1, 0.15) is 0 Å². The molecule has 3 rings (SSSR count). The van der Waals surface area contributed by atoms with Gasteiger partial charge in [-0.05, 0) is 40.2 Å². The van der Waals surface area contributed by atoms with Crippen LogP contribution in [0.5, 0.6) is 0 Å². The molecule has 2 aromatic carbocycles. The number of fused-ring (bicyclic) bond motifs is 1. The van der Waals surface area contributed by atoms with Gasteiger partial charge in [0.25, 0.3) is 11.6 Å². The summed E-state index contributed by atoms with van der Waals surface area (Å²) in [7, 11) is 0. The fraction of sp³-hybridized carbons (Fsp3) is 0. The second kappa shape index (κ2) is 5.57. The average molecular weight is 361 g/mol. The van der Waals surface area contributed by atoms with Crippen LogP contribution in [0.1, 0.15) is 10.4 Å². The van der Waals surface area contributed by atoms with E-state index in [1.54, 1.807) is 24.5 Å². The van der Waals surface area contributed by atoms with Crippen molar-refractivity contribution in [3.05, 3.63) is 62.9 Å². The highest BCUT2D eigenvalue weighted by Gasteiger charge is 2.13. The minimum Gasteiger partial charge on any atom is -0.345 e. The smallest absolute Gasteiger partial charge is 0.271 e. The van der Waals surface area contributed by atoms with Gasteiger partial charge in [-0.3, -0.25) is 14.9 Å². The molecule has 0 aliphatic rings. The van der Waals surface area contributed by atoms with E-state index in [2.05, 4.69) is 31.2 Å². The van der Waals surface area contributed by atoms with Gasteiger partial charge in [-0.25, -0.2) is 4.98 Å². The van der Waals surface area contributed by atoms with E-state index in [1.165, 1.54) is 18.2 Å². The number of nitrogens with one attached hydrogen (secondary N) is 2. The Morgan fingerprint density at radius 2 is 2.09 bits per heavy atom. The Labute approximate surface area is 132 Å². The van der Waals surface area contributed by atoms with Gasteiger partial charge in [0, 0.05) is 22.2 Å². The van der Waals surface area contributed by atoms with Crippen molar-refractivity contribution in [2.75, 3.05) is 5.32 Å². The number of anilines is 1. The fourth-order valence-corrected chi connectivity index (χ4v) is 2.34. The Hall–Kier alpha value is -2.74. The largest absolute Gasteiger partial charge is 0.345 e. The SMILES string of the molecule is O=C(Nc1cc([N+](=O)[O-])ccc1Br)c1ccc2nc[nH]c2c1. The van der Waals surface area contributed by atoms with E-state index in [1.807, 2.05) is 0 Å². The molecule has 0 saturated heterocycles. The topological polar surface area (TPSA) is 101 Å². The number of imidazole rings is 1. The lowest BCUT2D eigenvalue weighted by atomic mass is 10.2. The highest BCUT2D eigenvalue weighted by Crippen LogP contribution is 2.27. The summed E-state index contributed by atoms with van der Waals surface area (Å²) in [4.78, 5) is 29.6. The van der Waals surface area contributed by atoms with E-state index >= 15 is 0 Å². The summed E-state index contributed by atoms with van der Waals surface area (Å²) in [6.45, 7) is 0. The molecule has 0 aliphatic carbocycles. The molecule has 0 aliphatic heterocycles. The molecule has 0 radical (unpaired) electrons. The molecule has 1 heterocycles. The number of carbonyl (C=O) groups excluding carboxylic acids is 1. The zero-order chi connectivity index (χ0) is 15.7. The van der Waals surface area contributed by atoms with E-state index in [9.17, 15) is 14.9 Å². The van der Waals surface area contributed by atoms with Gasteiger partial charge in [-0.1, -0.05) is 0 Å². The fourth-order valence-electron chi connectivity index (χ4n) is 1.99. The maximum Gasteiger partial charge on any atom is 0.271 e. The number of aromatic nitrogens is 2. The molecule has 0 fully saturated rings. The third kappa shape index (κ3) is 2.68. The summed E-state index contributed by atoms with van der Waals surface area (Å²) in [5.74, 6) is -0.363. The van der Waals surface area contributed by atoms with Crippen molar-refractivity contribution in [2.24, 2.45) is 0 Å². The highest BCUT2D eigenvalue weighted by molar-refractivity contribution is 9.10. The first-order valence-electron chi connectivity index (χ1n) is 6.23. The average Bonchev–Trinajstić information content (AvgIpc) is 2.96. The van der Waals surface area contributed by atoms with E-state index in [4.69, 9.17) is 0 Å². The summed E-state index contributed by atoms with van der Waals surface area (Å²) in [6.07, 6.45) is 1.55. The van der Waals surface area contributed by atoms with Crippen molar-refractivity contribution >= 4 is 44.2 Å². The number of rotatable bonds is 3. The molecule has 7 nitrogen and oxygen atoms in total. The van der Waals surface area contributed by atoms with Crippen LogP contribution in [0.25, 0.3) is 11.0 Å². The third-order valence-electron chi connectivity index (χ3n) is 3.09. The highest BCUT2D eigenvalue weighted by atomic mass is 79.9. The third-order valence-corrected chi connectivity index (χ3v) is 3.78. The predicted molar refractivity (Wildman–Crippen MR) is 84.8 cm³/mol. The monoisotopic (exact) mass is 360 g/mol. The van der Waals surface area contributed by atoms with E-state index in [-0.39, 0.29) is 11.6 Å². The minimum absolute atomic E-state index is 0.0949. The number of benzene rings is 2. The van der Waals surface area contributed by atoms with Crippen LogP contribution < -0.4 is 5.32 Å². The molecule has 0 spiro atoms. The number of nitrogens with zero attached hydrogens (tertiary/aromatic N) is 2. The number of nitro benzene ring substituents is 1. The number of amides is 1. The molecule has 110 valence electrons. The van der Waals surface area contributed by atoms with Crippen molar-refractivity contribution < 1.29 is 9.72 Å². The van der Waals surface area contributed by atoms with Crippen LogP contribution in [-0.4, -0.2) is 20.8 Å². The van der Waals surface area contributed by atoms with E-state index < -0.39 is 4.92 Å². The molecular formula is C14H9BrN4O3. The number of halogens is 1. The number of hydrogen-bond acceptors (Lipinski definition) is 4. The number of nitro groups is 1. The Balaban J connectivity index is 1.90. The zero-order valence-electron chi connectivity index (χ0n) is 11.0. The predicted octanol–water partition coefficient (Wildman–Crippen LogP) is 3.49. The minimum atomic E-state index is -0.515. The Bertz CT molecular complexity index is 891. The van der Waals surface area contributed by atoms with Crippen molar-refractivity contribution in [1.82, 2.24) is 9.97 Å². The zero-order valence-corrected chi connectivity index (χ0v) is 12.6. The van der Waals surface area contributed by atoms with Crippen molar-refractivity contribution in [3.63, 3.8) is 0 Å². The van der Waals surface area contributed by atoms with E-state index in [0.717, 1.165) is 11.0 Å². The quantitative estimate of drug-likeness (QED) is 0.551. The first-order valence-corrected chi connectivity index (χ1v) is 7.02. The van der Waals surface area contributed by atoms with Gasteiger partial charge in [0.15, 0.2) is 0 Å². The molecule has 0 atom stereocenters. The van der Waals surface area contributed by atoms with Gasteiger partial charge in [-0.2, -0.15) is 0 Å². The summed E-state index contributed by atoms with van der Waals surface area (Å²) >= 11 is 3.26. The molecule has 1 amide bonds. The lowest BCUT2D eigenvalue weighted by molar-refractivity contribution is -0.384. The Kier molecular flexibility index (Phi) is 3.60. The number of H-pyrrole nitrogens is 1. The molecule has 8 heteroatoms. The van der Waals surface area contributed by atoms with Gasteiger partial charge in [0.2, 0.25) is 0 Å². The van der Waals surface area contributed by atoms with Crippen LogP contribution in [0.3, 0.4) is 0 Å². The van der Waals surface area contributed by atoms with Crippen LogP contribution in [0.2, 0.25) is 0 Å². The lowest BCUT2D eigenvalue weighted by Gasteiger charge is -2.07. The van der Waals surface area contributed by atoms with Crippen molar-refractivity contribution in [1.29, 1.82) is 0 Å². The summed E-state index contributed by atoms with van der Waals surface area (Å²) in [5, 5.41) is 13.5. The molecule has 1 aromatic heterocycles. The maximum atomic E-state index is 12.3. The van der Waals surface area contributed by atoms with E-state index in [0.29, 0.717) is 15.7 Å². The Morgan fingerprint density at radius 1 is 1.27 bits per heavy atom. The van der Waals surface area contributed by atoms with Gasteiger partial charge in [-0.15, -0.1) is 0 Å². The first-order chi connectivity index (χ1) is 10.5. The molecule has 0 bridgehead atoms. The Morgan fingerprint density at radius 3 is 2.86 bits per heavy atom. The van der Waals surface area contributed by atoms with Gasteiger partial charge < -0.3 is 10.3 Å². The van der Waals surface area contributed by atoms with Crippen LogP contribution in [-0.2, 0) is 0 Å². The summed E-state index contributed by atoms with van der Waals surface area (Å²) in [5.41, 5.74) is 2.17. The van der Waals surface area contributed by atoms with Crippen LogP contribution >= 0.6 is 15.9 Å². The first kappa shape index (κ1) is 14.2. The van der Waals surface area contributed by atoms with Gasteiger partial charge in [0.05, 0.1) is 28.0 Å². The normalized spacial score (nSPS) is 10.6. The summed E-state index contributed by atoms with van der Waals surface area (Å²) < 4.78 is 0.564. The van der Waals surface area contributed by atoms with Gasteiger partial charge >= 0.3 is 0 Å². The molecular weight excluding hydrogens is 352 g/mol. The van der Waals surface area contributed by atoms with Crippen LogP contribution in [0.15, 0.2) is 47.2 Å². The number of aromatic amines is 1. The number of hydrogen-bond donors (Lipinski definition) is 2. The number of carbonyl (C=O) groups is 1. The summed E-state index contributed by atoms with van der Waals surface area (Å²) in [6, 6.07) is 9.22. The number of non-ortho nitro benzene ring substituents is 1. The molecule has 0 saturated carbocycles. The second-order valence-corrected chi connectivity index (χ2v) is 5.36. The molecule has 0 unspecified atom stereocenters. The lowest BCUT2D eigenvalue weighted by Crippen LogP contribution is -2.12. The van der Waals surface area contributed by atoms with Crippen molar-refractivity contribution in [3.8, 4) is 0 Å².